The summed E-state index contributed by atoms with van der Waals surface area (Å²) in [5, 5.41) is 8.67. The highest BCUT2D eigenvalue weighted by atomic mass is 35.5. The van der Waals surface area contributed by atoms with Gasteiger partial charge >= 0.3 is 11.8 Å². The number of hydrogen-bond acceptors (Lipinski definition) is 5. The van der Waals surface area contributed by atoms with Crippen molar-refractivity contribution in [2.45, 2.75) is 0 Å². The predicted molar refractivity (Wildman–Crippen MR) is 86.8 cm³/mol. The zero-order valence-corrected chi connectivity index (χ0v) is 12.9. The third kappa shape index (κ3) is 4.87. The van der Waals surface area contributed by atoms with Gasteiger partial charge in [-0.15, -0.1) is 0 Å². The van der Waals surface area contributed by atoms with Crippen LogP contribution in [0, 0.1) is 0 Å². The molecule has 0 unspecified atom stereocenters. The third-order valence-electron chi connectivity index (χ3n) is 3.39. The number of carbonyl (C=O) groups is 2. The average molecular weight is 326 g/mol. The van der Waals surface area contributed by atoms with E-state index in [-0.39, 0.29) is 0 Å². The summed E-state index contributed by atoms with van der Waals surface area (Å²) in [6.45, 7) is 4.97. The Bertz CT molecular complexity index is 546. The Morgan fingerprint density at radius 3 is 2.68 bits per heavy atom. The summed E-state index contributed by atoms with van der Waals surface area (Å²) in [6, 6.07) is 4.66. The van der Waals surface area contributed by atoms with Crippen molar-refractivity contribution in [3.8, 4) is 0 Å². The molecular weight excluding hydrogens is 306 g/mol. The number of nitrogens with one attached hydrogen (secondary N) is 3. The lowest BCUT2D eigenvalue weighted by molar-refractivity contribution is -0.136. The Morgan fingerprint density at radius 1 is 1.27 bits per heavy atom. The maximum absolute atomic E-state index is 11.8. The van der Waals surface area contributed by atoms with Crippen molar-refractivity contribution in [2.24, 2.45) is 0 Å². The minimum absolute atomic E-state index is 0.330. The molecule has 1 saturated heterocycles. The van der Waals surface area contributed by atoms with E-state index in [2.05, 4.69) is 20.9 Å². The topological polar surface area (TPSA) is 99.5 Å². The smallest absolute Gasteiger partial charge is 0.313 e. The van der Waals surface area contributed by atoms with E-state index in [0.29, 0.717) is 22.9 Å². The molecule has 2 amide bonds. The van der Waals surface area contributed by atoms with Crippen LogP contribution in [0.2, 0.25) is 5.02 Å². The van der Waals surface area contributed by atoms with Gasteiger partial charge in [0.15, 0.2) is 0 Å². The molecule has 8 heteroatoms. The first kappa shape index (κ1) is 16.5. The highest BCUT2D eigenvalue weighted by Crippen LogP contribution is 2.22. The molecule has 7 nitrogen and oxygen atoms in total. The molecule has 0 aliphatic carbocycles. The Labute approximate surface area is 134 Å². The largest absolute Gasteiger partial charge is 0.398 e. The molecule has 1 aliphatic heterocycles. The summed E-state index contributed by atoms with van der Waals surface area (Å²) < 4.78 is 0. The van der Waals surface area contributed by atoms with Crippen molar-refractivity contribution >= 4 is 34.8 Å². The zero-order valence-electron chi connectivity index (χ0n) is 12.2. The number of anilines is 2. The molecule has 1 heterocycles. The number of nitrogens with zero attached hydrogens (tertiary/aromatic N) is 1. The first-order valence-electron chi connectivity index (χ1n) is 7.13. The second kappa shape index (κ2) is 7.98. The van der Waals surface area contributed by atoms with Crippen LogP contribution in [0.1, 0.15) is 0 Å². The Hall–Kier alpha value is -1.83. The van der Waals surface area contributed by atoms with Crippen molar-refractivity contribution in [2.75, 3.05) is 50.3 Å². The normalized spacial score (nSPS) is 15.3. The molecule has 0 atom stereocenters. The molecule has 1 fully saturated rings. The van der Waals surface area contributed by atoms with Crippen LogP contribution in [-0.4, -0.2) is 56.0 Å². The molecule has 0 bridgehead atoms. The van der Waals surface area contributed by atoms with E-state index in [1.807, 2.05) is 0 Å². The number of amides is 2. The third-order valence-corrected chi connectivity index (χ3v) is 3.72. The Balaban J connectivity index is 1.74. The highest BCUT2D eigenvalue weighted by molar-refractivity contribution is 6.40. The van der Waals surface area contributed by atoms with E-state index >= 15 is 0 Å². The van der Waals surface area contributed by atoms with Gasteiger partial charge in [-0.3, -0.25) is 14.5 Å². The predicted octanol–water partition coefficient (Wildman–Crippen LogP) is -0.118. The van der Waals surface area contributed by atoms with Gasteiger partial charge in [-0.05, 0) is 18.2 Å². The molecule has 0 aromatic heterocycles. The quantitative estimate of drug-likeness (QED) is 0.457. The lowest BCUT2D eigenvalue weighted by Crippen LogP contribution is -2.47. The van der Waals surface area contributed by atoms with E-state index in [9.17, 15) is 9.59 Å². The maximum Gasteiger partial charge on any atom is 0.313 e. The molecule has 2 rings (SSSR count). The van der Waals surface area contributed by atoms with E-state index in [4.69, 9.17) is 17.3 Å². The molecule has 0 spiro atoms. The van der Waals surface area contributed by atoms with Crippen LogP contribution in [0.15, 0.2) is 18.2 Å². The van der Waals surface area contributed by atoms with Crippen molar-refractivity contribution < 1.29 is 9.59 Å². The molecule has 0 radical (unpaired) electrons. The fourth-order valence-electron chi connectivity index (χ4n) is 2.14. The van der Waals surface area contributed by atoms with Crippen molar-refractivity contribution in [3.63, 3.8) is 0 Å². The molecule has 1 aromatic carbocycles. The summed E-state index contributed by atoms with van der Waals surface area (Å²) in [5.41, 5.74) is 6.43. The van der Waals surface area contributed by atoms with E-state index in [0.717, 1.165) is 32.7 Å². The zero-order chi connectivity index (χ0) is 15.9. The van der Waals surface area contributed by atoms with Crippen LogP contribution in [-0.2, 0) is 9.59 Å². The number of piperazine rings is 1. The monoisotopic (exact) mass is 325 g/mol. The van der Waals surface area contributed by atoms with Crippen LogP contribution in [0.4, 0.5) is 11.4 Å². The summed E-state index contributed by atoms with van der Waals surface area (Å²) in [5.74, 6) is -1.38. The van der Waals surface area contributed by atoms with Crippen LogP contribution in [0.3, 0.4) is 0 Å². The van der Waals surface area contributed by atoms with Gasteiger partial charge in [0, 0.05) is 45.0 Å². The van der Waals surface area contributed by atoms with E-state index in [1.54, 1.807) is 12.1 Å². The van der Waals surface area contributed by atoms with Gasteiger partial charge in [0.25, 0.3) is 0 Å². The second-order valence-electron chi connectivity index (χ2n) is 5.04. The standard InChI is InChI=1S/C14H20ClN5O2/c15-11-9-10(1-2-12(11)16)19-14(22)13(21)18-5-8-20-6-3-17-4-7-20/h1-2,9,17H,3-8,16H2,(H,18,21)(H,19,22). The average Bonchev–Trinajstić information content (AvgIpc) is 2.52. The Morgan fingerprint density at radius 2 is 2.00 bits per heavy atom. The summed E-state index contributed by atoms with van der Waals surface area (Å²) in [7, 11) is 0. The van der Waals surface area contributed by atoms with Gasteiger partial charge in [0.2, 0.25) is 0 Å². The molecule has 1 aromatic rings. The van der Waals surface area contributed by atoms with Gasteiger partial charge in [-0.25, -0.2) is 0 Å². The summed E-state index contributed by atoms with van der Waals surface area (Å²) in [4.78, 5) is 25.7. The number of benzene rings is 1. The SMILES string of the molecule is Nc1ccc(NC(=O)C(=O)NCCN2CCNCC2)cc1Cl. The van der Waals surface area contributed by atoms with Gasteiger partial charge in [-0.1, -0.05) is 11.6 Å². The van der Waals surface area contributed by atoms with Gasteiger partial charge in [0.1, 0.15) is 0 Å². The minimum atomic E-state index is -0.721. The fraction of sp³-hybridized carbons (Fsp3) is 0.429. The van der Waals surface area contributed by atoms with Gasteiger partial charge in [-0.2, -0.15) is 0 Å². The molecule has 120 valence electrons. The lowest BCUT2D eigenvalue weighted by Gasteiger charge is -2.26. The minimum Gasteiger partial charge on any atom is -0.398 e. The molecule has 22 heavy (non-hydrogen) atoms. The van der Waals surface area contributed by atoms with Crippen molar-refractivity contribution in [1.82, 2.24) is 15.5 Å². The van der Waals surface area contributed by atoms with Crippen LogP contribution >= 0.6 is 11.6 Å². The first-order chi connectivity index (χ1) is 10.6. The maximum atomic E-state index is 11.8. The number of nitrogens with two attached hydrogens (primary N) is 1. The first-order valence-corrected chi connectivity index (χ1v) is 7.51. The van der Waals surface area contributed by atoms with E-state index in [1.165, 1.54) is 6.07 Å². The van der Waals surface area contributed by atoms with Crippen LogP contribution in [0.5, 0.6) is 0 Å². The summed E-state index contributed by atoms with van der Waals surface area (Å²) in [6.07, 6.45) is 0. The van der Waals surface area contributed by atoms with E-state index < -0.39 is 11.8 Å². The van der Waals surface area contributed by atoms with Crippen molar-refractivity contribution in [1.29, 1.82) is 0 Å². The fourth-order valence-corrected chi connectivity index (χ4v) is 2.32. The van der Waals surface area contributed by atoms with Gasteiger partial charge < -0.3 is 21.7 Å². The second-order valence-corrected chi connectivity index (χ2v) is 5.45. The molecular formula is C14H20ClN5O2. The van der Waals surface area contributed by atoms with Crippen molar-refractivity contribution in [3.05, 3.63) is 23.2 Å². The molecule has 1 aliphatic rings. The number of carbonyl (C=O) groups excluding carboxylic acids is 2. The molecule has 5 N–H and O–H groups in total. The van der Waals surface area contributed by atoms with Crippen LogP contribution < -0.4 is 21.7 Å². The lowest BCUT2D eigenvalue weighted by atomic mass is 10.3. The van der Waals surface area contributed by atoms with Crippen LogP contribution in [0.25, 0.3) is 0 Å². The molecule has 0 saturated carbocycles. The Kier molecular flexibility index (Phi) is 6.00. The summed E-state index contributed by atoms with van der Waals surface area (Å²) >= 11 is 5.86. The number of nitrogen functional groups attached to an aromatic ring is 1. The number of halogens is 1. The number of hydrogen-bond donors (Lipinski definition) is 4. The van der Waals surface area contributed by atoms with Gasteiger partial charge in [0.05, 0.1) is 10.7 Å². The number of rotatable bonds is 4. The highest BCUT2D eigenvalue weighted by Gasteiger charge is 2.15.